The van der Waals surface area contributed by atoms with Crippen molar-refractivity contribution in [2.24, 2.45) is 0 Å². The highest BCUT2D eigenvalue weighted by atomic mass is 16.5. The van der Waals surface area contributed by atoms with E-state index in [9.17, 15) is 9.59 Å². The summed E-state index contributed by atoms with van der Waals surface area (Å²) in [7, 11) is 1.54. The summed E-state index contributed by atoms with van der Waals surface area (Å²) in [5.41, 5.74) is 1.82. The summed E-state index contributed by atoms with van der Waals surface area (Å²) in [6, 6.07) is 12.4. The van der Waals surface area contributed by atoms with Crippen molar-refractivity contribution < 1.29 is 23.4 Å². The van der Waals surface area contributed by atoms with E-state index < -0.39 is 17.5 Å². The Kier molecular flexibility index (Phi) is 4.84. The third-order valence-corrected chi connectivity index (χ3v) is 4.80. The number of rotatable bonds is 5. The molecule has 0 spiro atoms. The second kappa shape index (κ2) is 7.47. The van der Waals surface area contributed by atoms with Crippen molar-refractivity contribution in [2.75, 3.05) is 13.7 Å². The second-order valence-electron chi connectivity index (χ2n) is 7.02. The lowest BCUT2D eigenvalue weighted by atomic mass is 9.86. The van der Waals surface area contributed by atoms with Crippen molar-refractivity contribution in [2.45, 2.75) is 19.3 Å². The van der Waals surface area contributed by atoms with Crippen molar-refractivity contribution in [3.8, 4) is 17.2 Å². The summed E-state index contributed by atoms with van der Waals surface area (Å²) in [5, 5.41) is 0.591. The first-order valence-electron chi connectivity index (χ1n) is 9.19. The molecule has 0 bridgehead atoms. The minimum atomic E-state index is -0.516. The molecule has 0 saturated carbocycles. The van der Waals surface area contributed by atoms with Crippen molar-refractivity contribution in [3.05, 3.63) is 76.2 Å². The molecule has 3 aromatic rings. The average Bonchev–Trinajstić information content (AvgIpc) is 2.71. The monoisotopic (exact) mass is 392 g/mol. The molecular formula is C23H20O6. The number of fused-ring (bicyclic) bond motifs is 3. The quantitative estimate of drug-likeness (QED) is 0.368. The largest absolute Gasteiger partial charge is 0.493 e. The first-order valence-corrected chi connectivity index (χ1v) is 9.19. The molecule has 4 rings (SSSR count). The van der Waals surface area contributed by atoms with Crippen LogP contribution in [-0.4, -0.2) is 19.7 Å². The lowest BCUT2D eigenvalue weighted by molar-refractivity contribution is -0.135. The molecule has 0 aliphatic carbocycles. The standard InChI is InChI=1S/C23H20O6/c1-13(2)12-27-18-9-8-14(10-19(18)26-3)16-11-20(24)29-22-15-6-4-5-7-17(15)28-23(25)21(16)22/h4-10,16H,1,11-12H2,2-3H3/t16-/m1/s1. The van der Waals surface area contributed by atoms with Crippen LogP contribution in [0.15, 0.2) is 63.8 Å². The summed E-state index contributed by atoms with van der Waals surface area (Å²) in [6.07, 6.45) is 0.0330. The SMILES string of the molecule is C=C(C)COc1ccc([C@H]2CC(=O)Oc3c2c(=O)oc2ccccc32)cc1OC. The van der Waals surface area contributed by atoms with Crippen LogP contribution in [-0.2, 0) is 4.79 Å². The van der Waals surface area contributed by atoms with Gasteiger partial charge in [-0.15, -0.1) is 0 Å². The van der Waals surface area contributed by atoms with Crippen LogP contribution in [0.5, 0.6) is 17.2 Å². The van der Waals surface area contributed by atoms with E-state index >= 15 is 0 Å². The van der Waals surface area contributed by atoms with Gasteiger partial charge in [0, 0.05) is 5.92 Å². The number of hydrogen-bond acceptors (Lipinski definition) is 6. The highest BCUT2D eigenvalue weighted by Crippen LogP contribution is 2.42. The van der Waals surface area contributed by atoms with Crippen molar-refractivity contribution >= 4 is 16.9 Å². The van der Waals surface area contributed by atoms with E-state index in [4.69, 9.17) is 18.6 Å². The minimum absolute atomic E-state index is 0.0330. The number of benzene rings is 2. The van der Waals surface area contributed by atoms with Crippen LogP contribution in [0, 0.1) is 0 Å². The fourth-order valence-electron chi connectivity index (χ4n) is 3.48. The number of esters is 1. The summed E-state index contributed by atoms with van der Waals surface area (Å²) in [4.78, 5) is 25.1. The molecule has 1 aliphatic rings. The highest BCUT2D eigenvalue weighted by molar-refractivity contribution is 5.90. The van der Waals surface area contributed by atoms with Gasteiger partial charge in [-0.25, -0.2) is 4.79 Å². The molecule has 0 N–H and O–H groups in total. The molecular weight excluding hydrogens is 372 g/mol. The number of para-hydroxylation sites is 1. The number of carbonyl (C=O) groups is 1. The normalized spacial score (nSPS) is 15.5. The van der Waals surface area contributed by atoms with Crippen molar-refractivity contribution in [1.29, 1.82) is 0 Å². The van der Waals surface area contributed by atoms with Crippen LogP contribution in [0.3, 0.4) is 0 Å². The number of hydrogen-bond donors (Lipinski definition) is 0. The predicted octanol–water partition coefficient (Wildman–Crippen LogP) is 4.20. The maximum absolute atomic E-state index is 12.7. The summed E-state index contributed by atoms with van der Waals surface area (Å²) in [6.45, 7) is 6.06. The van der Waals surface area contributed by atoms with Gasteiger partial charge in [-0.1, -0.05) is 24.8 Å². The van der Waals surface area contributed by atoms with Crippen LogP contribution in [0.4, 0.5) is 0 Å². The maximum atomic E-state index is 12.7. The first kappa shape index (κ1) is 18.8. The molecule has 29 heavy (non-hydrogen) atoms. The van der Waals surface area contributed by atoms with E-state index in [0.717, 1.165) is 11.1 Å². The van der Waals surface area contributed by atoms with Crippen LogP contribution in [0.1, 0.15) is 30.4 Å². The summed E-state index contributed by atoms with van der Waals surface area (Å²) < 4.78 is 22.1. The van der Waals surface area contributed by atoms with E-state index in [1.165, 1.54) is 7.11 Å². The Labute approximate surface area is 167 Å². The molecule has 0 fully saturated rings. The van der Waals surface area contributed by atoms with Gasteiger partial charge in [0.15, 0.2) is 17.2 Å². The molecule has 1 aromatic heterocycles. The first-order chi connectivity index (χ1) is 14.0. The van der Waals surface area contributed by atoms with Gasteiger partial charge in [0.1, 0.15) is 12.2 Å². The molecule has 1 aliphatic heterocycles. The number of carbonyl (C=O) groups excluding carboxylic acids is 1. The van der Waals surface area contributed by atoms with Gasteiger partial charge in [0.25, 0.3) is 0 Å². The third kappa shape index (κ3) is 3.49. The molecule has 0 saturated heterocycles. The van der Waals surface area contributed by atoms with E-state index in [0.29, 0.717) is 34.6 Å². The lowest BCUT2D eigenvalue weighted by Gasteiger charge is -2.25. The van der Waals surface area contributed by atoms with Gasteiger partial charge in [0.05, 0.1) is 24.5 Å². The zero-order valence-electron chi connectivity index (χ0n) is 16.2. The van der Waals surface area contributed by atoms with Crippen molar-refractivity contribution in [1.82, 2.24) is 0 Å². The summed E-state index contributed by atoms with van der Waals surface area (Å²) in [5.74, 6) is 0.425. The predicted molar refractivity (Wildman–Crippen MR) is 108 cm³/mol. The fraction of sp³-hybridized carbons (Fsp3) is 0.217. The van der Waals surface area contributed by atoms with Gasteiger partial charge < -0.3 is 18.6 Å². The van der Waals surface area contributed by atoms with Crippen LogP contribution >= 0.6 is 0 Å². The average molecular weight is 392 g/mol. The molecule has 6 nitrogen and oxygen atoms in total. The summed E-state index contributed by atoms with van der Waals surface area (Å²) >= 11 is 0. The smallest absolute Gasteiger partial charge is 0.343 e. The Morgan fingerprint density at radius 2 is 1.97 bits per heavy atom. The minimum Gasteiger partial charge on any atom is -0.493 e. The highest BCUT2D eigenvalue weighted by Gasteiger charge is 2.34. The zero-order chi connectivity index (χ0) is 20.5. The number of methoxy groups -OCH3 is 1. The van der Waals surface area contributed by atoms with Gasteiger partial charge >= 0.3 is 11.6 Å². The van der Waals surface area contributed by atoms with E-state index in [2.05, 4.69) is 6.58 Å². The van der Waals surface area contributed by atoms with E-state index in [1.807, 2.05) is 13.0 Å². The maximum Gasteiger partial charge on any atom is 0.343 e. The zero-order valence-corrected chi connectivity index (χ0v) is 16.2. The molecule has 0 unspecified atom stereocenters. The molecule has 0 radical (unpaired) electrons. The second-order valence-corrected chi connectivity index (χ2v) is 7.02. The fourth-order valence-corrected chi connectivity index (χ4v) is 3.48. The molecule has 1 atom stereocenters. The molecule has 2 heterocycles. The Bertz CT molecular complexity index is 1170. The van der Waals surface area contributed by atoms with Gasteiger partial charge in [-0.3, -0.25) is 4.79 Å². The van der Waals surface area contributed by atoms with E-state index in [1.54, 1.807) is 36.4 Å². The van der Waals surface area contributed by atoms with E-state index in [-0.39, 0.29) is 12.2 Å². The third-order valence-electron chi connectivity index (χ3n) is 4.80. The van der Waals surface area contributed by atoms with Crippen LogP contribution < -0.4 is 19.8 Å². The van der Waals surface area contributed by atoms with Gasteiger partial charge in [-0.2, -0.15) is 0 Å². The molecule has 6 heteroatoms. The Balaban J connectivity index is 1.83. The molecule has 2 aromatic carbocycles. The Morgan fingerprint density at radius 3 is 2.72 bits per heavy atom. The van der Waals surface area contributed by atoms with Crippen molar-refractivity contribution in [3.63, 3.8) is 0 Å². The van der Waals surface area contributed by atoms with Gasteiger partial charge in [0.2, 0.25) is 0 Å². The molecule has 0 amide bonds. The van der Waals surface area contributed by atoms with Crippen LogP contribution in [0.2, 0.25) is 0 Å². The van der Waals surface area contributed by atoms with Gasteiger partial charge in [-0.05, 0) is 42.3 Å². The number of ether oxygens (including phenoxy) is 3. The lowest BCUT2D eigenvalue weighted by Crippen LogP contribution is -2.26. The molecule has 148 valence electrons. The van der Waals surface area contributed by atoms with Crippen LogP contribution in [0.25, 0.3) is 11.0 Å². The Morgan fingerprint density at radius 1 is 1.17 bits per heavy atom. The topological polar surface area (TPSA) is 75.0 Å². The Hall–Kier alpha value is -3.54.